The van der Waals surface area contributed by atoms with E-state index in [1.807, 2.05) is 38.1 Å². The lowest BCUT2D eigenvalue weighted by Gasteiger charge is -2.24. The maximum absolute atomic E-state index is 12.2. The van der Waals surface area contributed by atoms with Crippen LogP contribution < -0.4 is 5.73 Å². The summed E-state index contributed by atoms with van der Waals surface area (Å²) in [6.07, 6.45) is 0.744. The largest absolute Gasteiger partial charge is 0.368 e. The number of rotatable bonds is 6. The lowest BCUT2D eigenvalue weighted by Crippen LogP contribution is -2.40. The fraction of sp³-hybridized carbons (Fsp3) is 0.429. The van der Waals surface area contributed by atoms with Gasteiger partial charge in [-0.2, -0.15) is 0 Å². The molecule has 1 aromatic carbocycles. The van der Waals surface area contributed by atoms with Gasteiger partial charge in [-0.15, -0.1) is 0 Å². The monoisotopic (exact) mass is 326 g/mol. The SMILES string of the molecule is CC[C@@H](C)C(=O)N(CC(N)=O)Cc1ccc(Br)cc1. The standard InChI is InChI=1S/C14H19BrN2O2/c1-3-10(2)14(19)17(9-13(16)18)8-11-4-6-12(15)7-5-11/h4-7,10H,3,8-9H2,1-2H3,(H2,16,18)/t10-/m1/s1. The van der Waals surface area contributed by atoms with Crippen molar-refractivity contribution in [2.75, 3.05) is 6.54 Å². The van der Waals surface area contributed by atoms with Gasteiger partial charge in [0.05, 0.1) is 6.54 Å². The van der Waals surface area contributed by atoms with Crippen molar-refractivity contribution in [2.45, 2.75) is 26.8 Å². The minimum absolute atomic E-state index is 0.0378. The van der Waals surface area contributed by atoms with E-state index in [0.29, 0.717) is 6.54 Å². The maximum Gasteiger partial charge on any atom is 0.237 e. The second-order valence-corrected chi connectivity index (χ2v) is 5.51. The minimum atomic E-state index is -0.492. The van der Waals surface area contributed by atoms with Gasteiger partial charge in [-0.3, -0.25) is 9.59 Å². The van der Waals surface area contributed by atoms with Crippen LogP contribution in [0.4, 0.5) is 0 Å². The van der Waals surface area contributed by atoms with Crippen molar-refractivity contribution in [3.63, 3.8) is 0 Å². The van der Waals surface area contributed by atoms with E-state index in [1.165, 1.54) is 4.90 Å². The molecular weight excluding hydrogens is 308 g/mol. The number of hydrogen-bond acceptors (Lipinski definition) is 2. The number of halogens is 1. The van der Waals surface area contributed by atoms with Crippen LogP contribution in [0.2, 0.25) is 0 Å². The normalized spacial score (nSPS) is 11.9. The van der Waals surface area contributed by atoms with Gasteiger partial charge in [0, 0.05) is 16.9 Å². The number of carbonyl (C=O) groups is 2. The first-order valence-electron chi connectivity index (χ1n) is 6.25. The Labute approximate surface area is 122 Å². The Kier molecular flexibility index (Phi) is 6.02. The number of nitrogens with two attached hydrogens (primary N) is 1. The Morgan fingerprint density at radius 3 is 2.37 bits per heavy atom. The molecule has 0 bridgehead atoms. The summed E-state index contributed by atoms with van der Waals surface area (Å²) in [6.45, 7) is 4.17. The van der Waals surface area contributed by atoms with Crippen molar-refractivity contribution in [3.05, 3.63) is 34.3 Å². The third kappa shape index (κ3) is 5.03. The molecule has 0 aliphatic heterocycles. The van der Waals surface area contributed by atoms with E-state index < -0.39 is 5.91 Å². The van der Waals surface area contributed by atoms with E-state index in [2.05, 4.69) is 15.9 Å². The molecular formula is C14H19BrN2O2. The van der Waals surface area contributed by atoms with Gasteiger partial charge in [-0.25, -0.2) is 0 Å². The quantitative estimate of drug-likeness (QED) is 0.871. The second kappa shape index (κ2) is 7.28. The van der Waals surface area contributed by atoms with E-state index in [-0.39, 0.29) is 18.4 Å². The van der Waals surface area contributed by atoms with Crippen LogP contribution in [0.3, 0.4) is 0 Å². The van der Waals surface area contributed by atoms with E-state index in [4.69, 9.17) is 5.73 Å². The van der Waals surface area contributed by atoms with Crippen LogP contribution in [-0.4, -0.2) is 23.3 Å². The first-order valence-corrected chi connectivity index (χ1v) is 7.04. The molecule has 4 nitrogen and oxygen atoms in total. The predicted molar refractivity (Wildman–Crippen MR) is 78.2 cm³/mol. The van der Waals surface area contributed by atoms with Crippen molar-refractivity contribution in [3.8, 4) is 0 Å². The molecule has 0 unspecified atom stereocenters. The van der Waals surface area contributed by atoms with Crippen molar-refractivity contribution in [1.82, 2.24) is 4.90 Å². The van der Waals surface area contributed by atoms with Gasteiger partial charge in [0.15, 0.2) is 0 Å². The zero-order valence-corrected chi connectivity index (χ0v) is 12.8. The van der Waals surface area contributed by atoms with Crippen molar-refractivity contribution in [2.24, 2.45) is 11.7 Å². The average Bonchev–Trinajstić information content (AvgIpc) is 2.38. The Morgan fingerprint density at radius 1 is 1.32 bits per heavy atom. The lowest BCUT2D eigenvalue weighted by atomic mass is 10.1. The van der Waals surface area contributed by atoms with Gasteiger partial charge in [0.25, 0.3) is 0 Å². The number of nitrogens with zero attached hydrogens (tertiary/aromatic N) is 1. The second-order valence-electron chi connectivity index (χ2n) is 4.60. The Bertz CT molecular complexity index is 445. The zero-order chi connectivity index (χ0) is 14.4. The summed E-state index contributed by atoms with van der Waals surface area (Å²) >= 11 is 3.36. The van der Waals surface area contributed by atoms with Crippen LogP contribution in [-0.2, 0) is 16.1 Å². The molecule has 0 aromatic heterocycles. The summed E-state index contributed by atoms with van der Waals surface area (Å²) in [5, 5.41) is 0. The summed E-state index contributed by atoms with van der Waals surface area (Å²) in [5.41, 5.74) is 6.18. The summed E-state index contributed by atoms with van der Waals surface area (Å²) in [7, 11) is 0. The lowest BCUT2D eigenvalue weighted by molar-refractivity contribution is -0.139. The third-order valence-electron chi connectivity index (χ3n) is 2.98. The molecule has 0 radical (unpaired) electrons. The van der Waals surface area contributed by atoms with Gasteiger partial charge >= 0.3 is 0 Å². The van der Waals surface area contributed by atoms with Gasteiger partial charge in [0.2, 0.25) is 11.8 Å². The van der Waals surface area contributed by atoms with Crippen molar-refractivity contribution in [1.29, 1.82) is 0 Å². The molecule has 5 heteroatoms. The molecule has 19 heavy (non-hydrogen) atoms. The van der Waals surface area contributed by atoms with Crippen LogP contribution in [0.15, 0.2) is 28.7 Å². The molecule has 104 valence electrons. The smallest absolute Gasteiger partial charge is 0.237 e. The summed E-state index contributed by atoms with van der Waals surface area (Å²) < 4.78 is 0.978. The maximum atomic E-state index is 12.2. The summed E-state index contributed by atoms with van der Waals surface area (Å²) in [6, 6.07) is 7.65. The number of benzene rings is 1. The fourth-order valence-corrected chi connectivity index (χ4v) is 1.96. The predicted octanol–water partition coefficient (Wildman–Crippen LogP) is 2.31. The topological polar surface area (TPSA) is 63.4 Å². The first-order chi connectivity index (χ1) is 8.93. The molecule has 0 heterocycles. The van der Waals surface area contributed by atoms with Gasteiger partial charge in [0.1, 0.15) is 0 Å². The fourth-order valence-electron chi connectivity index (χ4n) is 1.70. The highest BCUT2D eigenvalue weighted by molar-refractivity contribution is 9.10. The molecule has 1 aromatic rings. The minimum Gasteiger partial charge on any atom is -0.368 e. The average molecular weight is 327 g/mol. The highest BCUT2D eigenvalue weighted by Gasteiger charge is 2.20. The number of hydrogen-bond donors (Lipinski definition) is 1. The highest BCUT2D eigenvalue weighted by Crippen LogP contribution is 2.14. The molecule has 0 aliphatic rings. The molecule has 0 spiro atoms. The van der Waals surface area contributed by atoms with Gasteiger partial charge in [-0.1, -0.05) is 41.9 Å². The van der Waals surface area contributed by atoms with E-state index in [9.17, 15) is 9.59 Å². The van der Waals surface area contributed by atoms with E-state index in [1.54, 1.807) is 0 Å². The van der Waals surface area contributed by atoms with Crippen LogP contribution in [0, 0.1) is 5.92 Å². The van der Waals surface area contributed by atoms with E-state index in [0.717, 1.165) is 16.5 Å². The number of amides is 2. The molecule has 0 aliphatic carbocycles. The Hall–Kier alpha value is -1.36. The number of carbonyl (C=O) groups excluding carboxylic acids is 2. The highest BCUT2D eigenvalue weighted by atomic mass is 79.9. The van der Waals surface area contributed by atoms with Crippen molar-refractivity contribution < 1.29 is 9.59 Å². The van der Waals surface area contributed by atoms with Crippen LogP contribution in [0.1, 0.15) is 25.8 Å². The Morgan fingerprint density at radius 2 is 1.89 bits per heavy atom. The van der Waals surface area contributed by atoms with E-state index >= 15 is 0 Å². The molecule has 1 rings (SSSR count). The van der Waals surface area contributed by atoms with Crippen molar-refractivity contribution >= 4 is 27.7 Å². The molecule has 0 saturated heterocycles. The molecule has 2 amide bonds. The Balaban J connectivity index is 2.82. The van der Waals surface area contributed by atoms with Gasteiger partial charge in [-0.05, 0) is 24.1 Å². The summed E-state index contributed by atoms with van der Waals surface area (Å²) in [4.78, 5) is 24.8. The third-order valence-corrected chi connectivity index (χ3v) is 3.51. The molecule has 2 N–H and O–H groups in total. The molecule has 0 fully saturated rings. The zero-order valence-electron chi connectivity index (χ0n) is 11.2. The van der Waals surface area contributed by atoms with Crippen LogP contribution >= 0.6 is 15.9 Å². The number of primary amides is 1. The first kappa shape index (κ1) is 15.7. The molecule has 1 atom stereocenters. The summed E-state index contributed by atoms with van der Waals surface area (Å²) in [5.74, 6) is -0.632. The van der Waals surface area contributed by atoms with Crippen LogP contribution in [0.25, 0.3) is 0 Å². The van der Waals surface area contributed by atoms with Crippen LogP contribution in [0.5, 0.6) is 0 Å². The van der Waals surface area contributed by atoms with Gasteiger partial charge < -0.3 is 10.6 Å². The molecule has 0 saturated carbocycles.